The Balaban J connectivity index is 1.98. The van der Waals surface area contributed by atoms with Crippen LogP contribution in [0.15, 0.2) is 73.4 Å². The van der Waals surface area contributed by atoms with Gasteiger partial charge in [0.15, 0.2) is 0 Å². The van der Waals surface area contributed by atoms with E-state index in [0.29, 0.717) is 18.2 Å². The highest BCUT2D eigenvalue weighted by Gasteiger charge is 2.26. The first-order valence-electron chi connectivity index (χ1n) is 11.1. The summed E-state index contributed by atoms with van der Waals surface area (Å²) in [7, 11) is -19.2. The van der Waals surface area contributed by atoms with Crippen LogP contribution in [0.3, 0.4) is 0 Å². The van der Waals surface area contributed by atoms with E-state index in [1.165, 1.54) is 24.3 Å². The van der Waals surface area contributed by atoms with Crippen molar-refractivity contribution in [3.63, 3.8) is 0 Å². The van der Waals surface area contributed by atoms with Crippen LogP contribution in [0.5, 0.6) is 0 Å². The van der Waals surface area contributed by atoms with Crippen LogP contribution in [-0.2, 0) is 40.4 Å². The molecule has 3 aromatic carbocycles. The Labute approximate surface area is 248 Å². The fourth-order valence-corrected chi connectivity index (χ4v) is 7.39. The van der Waals surface area contributed by atoms with Crippen molar-refractivity contribution >= 4 is 83.9 Å². The number of thiophene rings is 1. The number of nitriles is 1. The van der Waals surface area contributed by atoms with Crippen LogP contribution in [0.25, 0.3) is 21.9 Å². The normalized spacial score (nSPS) is 12.9. The summed E-state index contributed by atoms with van der Waals surface area (Å²) in [6.07, 6.45) is 0.935. The molecular formula is C22H17N5O11S5. The van der Waals surface area contributed by atoms with Gasteiger partial charge in [-0.3, -0.25) is 18.4 Å². The number of anilines is 2. The third-order valence-electron chi connectivity index (χ3n) is 5.55. The van der Waals surface area contributed by atoms with Gasteiger partial charge in [-0.2, -0.15) is 30.5 Å². The highest BCUT2D eigenvalue weighted by atomic mass is 32.2. The van der Waals surface area contributed by atoms with E-state index in [1.807, 2.05) is 6.07 Å². The number of sulfonamides is 1. The molecule has 0 aliphatic heterocycles. The van der Waals surface area contributed by atoms with E-state index in [0.717, 1.165) is 23.7 Å². The minimum absolute atomic E-state index is 0.00327. The summed E-state index contributed by atoms with van der Waals surface area (Å²) >= 11 is 0.782. The summed E-state index contributed by atoms with van der Waals surface area (Å²) < 4.78 is 127. The van der Waals surface area contributed by atoms with Crippen molar-refractivity contribution in [2.75, 3.05) is 16.7 Å². The van der Waals surface area contributed by atoms with Crippen molar-refractivity contribution < 1.29 is 47.3 Å². The molecule has 0 spiro atoms. The van der Waals surface area contributed by atoms with Crippen molar-refractivity contribution in [3.05, 3.63) is 54.1 Å². The first kappa shape index (κ1) is 31.9. The highest BCUT2D eigenvalue weighted by Crippen LogP contribution is 2.45. The monoisotopic (exact) mass is 687 g/mol. The fourth-order valence-electron chi connectivity index (χ4n) is 3.93. The molecule has 16 nitrogen and oxygen atoms in total. The van der Waals surface area contributed by atoms with Crippen molar-refractivity contribution in [1.82, 2.24) is 0 Å². The molecule has 43 heavy (non-hydrogen) atoms. The van der Waals surface area contributed by atoms with Gasteiger partial charge >= 0.3 is 0 Å². The Bertz CT molecular complexity index is 2340. The lowest BCUT2D eigenvalue weighted by atomic mass is 10.0. The zero-order valence-electron chi connectivity index (χ0n) is 21.2. The summed E-state index contributed by atoms with van der Waals surface area (Å²) in [5.41, 5.74) is 6.07. The molecular weight excluding hydrogens is 671 g/mol. The zero-order valence-corrected chi connectivity index (χ0v) is 25.3. The molecule has 21 heteroatoms. The van der Waals surface area contributed by atoms with Gasteiger partial charge in [0.25, 0.3) is 30.4 Å². The summed E-state index contributed by atoms with van der Waals surface area (Å²) in [4.78, 5) is -3.28. The van der Waals surface area contributed by atoms with Crippen molar-refractivity contribution in [2.45, 2.75) is 14.7 Å². The number of azo groups is 1. The number of nitrogens with two attached hydrogens (primary N) is 1. The van der Waals surface area contributed by atoms with E-state index in [-0.39, 0.29) is 32.4 Å². The van der Waals surface area contributed by atoms with E-state index in [2.05, 4.69) is 15.0 Å². The molecule has 0 atom stereocenters. The zero-order chi connectivity index (χ0) is 32.1. The lowest BCUT2D eigenvalue weighted by molar-refractivity contribution is 0.478. The average Bonchev–Trinajstić information content (AvgIpc) is 3.18. The Hall–Kier alpha value is -4.01. The lowest BCUT2D eigenvalue weighted by Crippen LogP contribution is -2.09. The van der Waals surface area contributed by atoms with Crippen LogP contribution in [-0.4, -0.2) is 53.6 Å². The molecule has 0 saturated heterocycles. The van der Waals surface area contributed by atoms with Crippen LogP contribution in [0.4, 0.5) is 21.4 Å². The van der Waals surface area contributed by atoms with Gasteiger partial charge in [0.1, 0.15) is 25.9 Å². The standard InChI is InChI=1S/C22H17N5O11S5/c1-40(28,29)27-12-4-2-3-11(5-12)20-17(10-23)21(24)39-22(20)26-25-13-6-15-16(18(7-13)42(33,34)35)8-14(41(30,31)32)9-19(15)43(36,37)38/h2-9,27H,24H2,1H3,(H,30,31,32)(H,33,34,35)(H,36,37,38). The fraction of sp³-hybridized carbons (Fsp3) is 0.0455. The maximum absolute atomic E-state index is 12.2. The number of nitrogen functional groups attached to an aromatic ring is 1. The largest absolute Gasteiger partial charge is 0.389 e. The third-order valence-corrected chi connectivity index (χ3v) is 9.67. The second-order valence-corrected chi connectivity index (χ2v) is 15.7. The van der Waals surface area contributed by atoms with Crippen molar-refractivity contribution in [3.8, 4) is 17.2 Å². The van der Waals surface area contributed by atoms with Gasteiger partial charge in [-0.25, -0.2) is 8.42 Å². The molecule has 0 saturated carbocycles. The molecule has 0 aliphatic carbocycles. The molecule has 1 aromatic heterocycles. The molecule has 226 valence electrons. The number of nitrogens with zero attached hydrogens (tertiary/aromatic N) is 3. The summed E-state index contributed by atoms with van der Waals surface area (Å²) in [6.45, 7) is 0. The average molecular weight is 688 g/mol. The number of benzene rings is 3. The van der Waals surface area contributed by atoms with Crippen LogP contribution in [0.1, 0.15) is 5.56 Å². The van der Waals surface area contributed by atoms with E-state index in [4.69, 9.17) is 5.73 Å². The van der Waals surface area contributed by atoms with Crippen molar-refractivity contribution in [1.29, 1.82) is 5.26 Å². The second kappa shape index (κ2) is 10.9. The van der Waals surface area contributed by atoms with Gasteiger partial charge in [-0.1, -0.05) is 23.5 Å². The summed E-state index contributed by atoms with van der Waals surface area (Å²) in [6, 6.07) is 10.3. The second-order valence-electron chi connectivity index (χ2n) is 8.67. The Morgan fingerprint density at radius 1 is 0.837 bits per heavy atom. The Kier molecular flexibility index (Phi) is 8.11. The lowest BCUT2D eigenvalue weighted by Gasteiger charge is -2.11. The number of fused-ring (bicyclic) bond motifs is 1. The van der Waals surface area contributed by atoms with E-state index < -0.39 is 71.5 Å². The van der Waals surface area contributed by atoms with E-state index in [1.54, 1.807) is 0 Å². The van der Waals surface area contributed by atoms with Crippen LogP contribution in [0.2, 0.25) is 0 Å². The van der Waals surface area contributed by atoms with Gasteiger partial charge in [-0.05, 0) is 42.0 Å². The minimum Gasteiger partial charge on any atom is -0.389 e. The Morgan fingerprint density at radius 2 is 1.44 bits per heavy atom. The minimum atomic E-state index is -5.25. The predicted molar refractivity (Wildman–Crippen MR) is 155 cm³/mol. The van der Waals surface area contributed by atoms with Crippen LogP contribution in [0, 0.1) is 11.3 Å². The molecule has 0 unspecified atom stereocenters. The van der Waals surface area contributed by atoms with Gasteiger partial charge in [0, 0.05) is 22.0 Å². The number of hydrogen-bond acceptors (Lipinski definition) is 13. The van der Waals surface area contributed by atoms with Gasteiger partial charge in [-0.15, -0.1) is 10.2 Å². The third kappa shape index (κ3) is 6.98. The summed E-state index contributed by atoms with van der Waals surface area (Å²) in [5, 5.41) is 16.3. The van der Waals surface area contributed by atoms with Gasteiger partial charge in [0.05, 0.1) is 22.4 Å². The number of hydrogen-bond donors (Lipinski definition) is 5. The smallest absolute Gasteiger partial charge is 0.295 e. The molecule has 0 amide bonds. The predicted octanol–water partition coefficient (Wildman–Crippen LogP) is 3.55. The van der Waals surface area contributed by atoms with Gasteiger partial charge in [0.2, 0.25) is 10.0 Å². The molecule has 4 aromatic rings. The Morgan fingerprint density at radius 3 is 2.00 bits per heavy atom. The quantitative estimate of drug-likeness (QED) is 0.131. The topological polar surface area (TPSA) is 284 Å². The molecule has 0 fully saturated rings. The maximum atomic E-state index is 12.2. The van der Waals surface area contributed by atoms with Crippen molar-refractivity contribution in [2.24, 2.45) is 10.2 Å². The van der Waals surface area contributed by atoms with Gasteiger partial charge < -0.3 is 5.73 Å². The van der Waals surface area contributed by atoms with E-state index >= 15 is 0 Å². The molecule has 0 aliphatic rings. The van der Waals surface area contributed by atoms with E-state index in [9.17, 15) is 52.6 Å². The molecule has 0 radical (unpaired) electrons. The molecule has 6 N–H and O–H groups in total. The number of nitrogens with one attached hydrogen (secondary N) is 1. The first-order chi connectivity index (χ1) is 19.7. The first-order valence-corrected chi connectivity index (χ1v) is 18.1. The molecule has 0 bridgehead atoms. The van der Waals surface area contributed by atoms with Crippen LogP contribution >= 0.6 is 11.3 Å². The number of rotatable bonds is 8. The maximum Gasteiger partial charge on any atom is 0.295 e. The molecule has 1 heterocycles. The SMILES string of the molecule is CS(=O)(=O)Nc1cccc(-c2c(N=Nc3cc(S(=O)(=O)O)c4cc(S(=O)(=O)O)cc(S(=O)(=O)O)c4c3)sc(N)c2C#N)c1. The van der Waals surface area contributed by atoms with Crippen LogP contribution < -0.4 is 10.5 Å². The highest BCUT2D eigenvalue weighted by molar-refractivity contribution is 7.92. The summed E-state index contributed by atoms with van der Waals surface area (Å²) in [5.74, 6) is 0. The molecule has 4 rings (SSSR count).